The van der Waals surface area contributed by atoms with Crippen LogP contribution in [0.3, 0.4) is 0 Å². The summed E-state index contributed by atoms with van der Waals surface area (Å²) in [6, 6.07) is 14.2. The molecular weight excluding hydrogens is 428 g/mol. The lowest BCUT2D eigenvalue weighted by Crippen LogP contribution is -2.32. The molecule has 7 nitrogen and oxygen atoms in total. The summed E-state index contributed by atoms with van der Waals surface area (Å²) >= 11 is 0. The monoisotopic (exact) mass is 460 g/mol. The van der Waals surface area contributed by atoms with Crippen molar-refractivity contribution >= 4 is 15.9 Å². The maximum atomic E-state index is 12.9. The third kappa shape index (κ3) is 6.71. The predicted octanol–water partition coefficient (Wildman–Crippen LogP) is 3.39. The zero-order valence-electron chi connectivity index (χ0n) is 18.6. The third-order valence-corrected chi connectivity index (χ3v) is 7.28. The van der Waals surface area contributed by atoms with Crippen LogP contribution in [-0.4, -0.2) is 51.5 Å². The standard InChI is InChI=1S/C24H32N2O5S/c1-2-30-22-9-5-6-10-23(22)31-19-24(27)25-16-15-20-11-13-21(14-12-20)32(28,29)26-17-7-3-4-8-18-26/h5-6,9-14H,2-4,7-8,15-19H2,1H3,(H,25,27). The van der Waals surface area contributed by atoms with Gasteiger partial charge in [-0.25, -0.2) is 8.42 Å². The molecule has 0 aliphatic carbocycles. The quantitative estimate of drug-likeness (QED) is 0.588. The van der Waals surface area contributed by atoms with Crippen molar-refractivity contribution in [2.24, 2.45) is 0 Å². The van der Waals surface area contributed by atoms with Gasteiger partial charge < -0.3 is 14.8 Å². The van der Waals surface area contributed by atoms with E-state index in [1.165, 1.54) is 0 Å². The highest BCUT2D eigenvalue weighted by atomic mass is 32.2. The Morgan fingerprint density at radius 2 is 1.56 bits per heavy atom. The Balaban J connectivity index is 1.45. The fraction of sp³-hybridized carbons (Fsp3) is 0.458. The molecular formula is C24H32N2O5S. The molecule has 2 aromatic carbocycles. The fourth-order valence-electron chi connectivity index (χ4n) is 3.64. The number of sulfonamides is 1. The normalized spacial score (nSPS) is 15.0. The fourth-order valence-corrected chi connectivity index (χ4v) is 5.16. The SMILES string of the molecule is CCOc1ccccc1OCC(=O)NCCc1ccc(S(=O)(=O)N2CCCCCC2)cc1. The van der Waals surface area contributed by atoms with Crippen LogP contribution in [0.25, 0.3) is 0 Å². The number of nitrogens with zero attached hydrogens (tertiary/aromatic N) is 1. The van der Waals surface area contributed by atoms with Crippen LogP contribution in [-0.2, 0) is 21.2 Å². The molecule has 1 aliphatic heterocycles. The number of ether oxygens (including phenoxy) is 2. The first-order valence-electron chi connectivity index (χ1n) is 11.2. The number of hydrogen-bond donors (Lipinski definition) is 1. The summed E-state index contributed by atoms with van der Waals surface area (Å²) in [5.41, 5.74) is 0.961. The summed E-state index contributed by atoms with van der Waals surface area (Å²) in [4.78, 5) is 12.4. The Bertz CT molecular complexity index is 968. The molecule has 0 aromatic heterocycles. The highest BCUT2D eigenvalue weighted by molar-refractivity contribution is 7.89. The van der Waals surface area contributed by atoms with Gasteiger partial charge in [-0.2, -0.15) is 4.31 Å². The minimum Gasteiger partial charge on any atom is -0.490 e. The Morgan fingerprint density at radius 1 is 0.938 bits per heavy atom. The molecule has 0 unspecified atom stereocenters. The van der Waals surface area contributed by atoms with Gasteiger partial charge in [0.1, 0.15) is 0 Å². The predicted molar refractivity (Wildman–Crippen MR) is 123 cm³/mol. The number of benzene rings is 2. The number of amides is 1. The number of carbonyl (C=O) groups excluding carboxylic acids is 1. The topological polar surface area (TPSA) is 84.9 Å². The van der Waals surface area contributed by atoms with Crippen LogP contribution in [0.15, 0.2) is 53.4 Å². The summed E-state index contributed by atoms with van der Waals surface area (Å²) in [5, 5.41) is 2.83. The van der Waals surface area contributed by atoms with E-state index in [-0.39, 0.29) is 12.5 Å². The van der Waals surface area contributed by atoms with Gasteiger partial charge in [0, 0.05) is 19.6 Å². The van der Waals surface area contributed by atoms with Crippen molar-refractivity contribution in [3.05, 3.63) is 54.1 Å². The molecule has 0 radical (unpaired) electrons. The second kappa shape index (κ2) is 11.9. The van der Waals surface area contributed by atoms with Gasteiger partial charge in [0.15, 0.2) is 18.1 Å². The van der Waals surface area contributed by atoms with Crippen LogP contribution in [0.2, 0.25) is 0 Å². The molecule has 2 aromatic rings. The molecule has 1 fully saturated rings. The zero-order chi connectivity index (χ0) is 22.8. The largest absolute Gasteiger partial charge is 0.490 e. The van der Waals surface area contributed by atoms with Crippen LogP contribution in [0.5, 0.6) is 11.5 Å². The van der Waals surface area contributed by atoms with E-state index in [0.29, 0.717) is 49.1 Å². The first-order valence-corrected chi connectivity index (χ1v) is 12.6. The van der Waals surface area contributed by atoms with Gasteiger partial charge in [-0.1, -0.05) is 37.1 Å². The van der Waals surface area contributed by atoms with E-state index >= 15 is 0 Å². The molecule has 0 atom stereocenters. The lowest BCUT2D eigenvalue weighted by molar-refractivity contribution is -0.123. The van der Waals surface area contributed by atoms with Crippen LogP contribution in [0, 0.1) is 0 Å². The Morgan fingerprint density at radius 3 is 2.19 bits per heavy atom. The lowest BCUT2D eigenvalue weighted by atomic mass is 10.1. The van der Waals surface area contributed by atoms with Crippen molar-refractivity contribution in [1.29, 1.82) is 0 Å². The van der Waals surface area contributed by atoms with Gasteiger partial charge in [0.05, 0.1) is 11.5 Å². The summed E-state index contributed by atoms with van der Waals surface area (Å²) in [6.07, 6.45) is 4.60. The molecule has 1 N–H and O–H groups in total. The average Bonchev–Trinajstić information content (AvgIpc) is 3.09. The van der Waals surface area contributed by atoms with Crippen molar-refractivity contribution in [3.8, 4) is 11.5 Å². The van der Waals surface area contributed by atoms with Crippen molar-refractivity contribution in [2.45, 2.75) is 43.9 Å². The molecule has 174 valence electrons. The maximum Gasteiger partial charge on any atom is 0.257 e. The van der Waals surface area contributed by atoms with Crippen LogP contribution in [0.1, 0.15) is 38.2 Å². The van der Waals surface area contributed by atoms with Gasteiger partial charge in [-0.15, -0.1) is 0 Å². The van der Waals surface area contributed by atoms with E-state index in [9.17, 15) is 13.2 Å². The van der Waals surface area contributed by atoms with E-state index in [4.69, 9.17) is 9.47 Å². The minimum atomic E-state index is -3.44. The van der Waals surface area contributed by atoms with Crippen LogP contribution >= 0.6 is 0 Å². The number of rotatable bonds is 10. The van der Waals surface area contributed by atoms with E-state index < -0.39 is 10.0 Å². The molecule has 1 saturated heterocycles. The first-order chi connectivity index (χ1) is 15.5. The molecule has 0 bridgehead atoms. The summed E-state index contributed by atoms with van der Waals surface area (Å²) in [5.74, 6) is 0.917. The summed E-state index contributed by atoms with van der Waals surface area (Å²) in [6.45, 7) is 3.93. The molecule has 32 heavy (non-hydrogen) atoms. The second-order valence-electron chi connectivity index (χ2n) is 7.73. The maximum absolute atomic E-state index is 12.9. The van der Waals surface area contributed by atoms with Crippen molar-refractivity contribution in [3.63, 3.8) is 0 Å². The first kappa shape index (κ1) is 24.1. The summed E-state index contributed by atoms with van der Waals surface area (Å²) in [7, 11) is -3.44. The van der Waals surface area contributed by atoms with Crippen molar-refractivity contribution in [2.75, 3.05) is 32.8 Å². The molecule has 0 spiro atoms. The number of carbonyl (C=O) groups is 1. The summed E-state index contributed by atoms with van der Waals surface area (Å²) < 4.78 is 38.4. The number of nitrogens with one attached hydrogen (secondary N) is 1. The Hall–Kier alpha value is -2.58. The van der Waals surface area contributed by atoms with Crippen LogP contribution in [0.4, 0.5) is 0 Å². The highest BCUT2D eigenvalue weighted by Gasteiger charge is 2.24. The van der Waals surface area contributed by atoms with Gasteiger partial charge in [0.25, 0.3) is 5.91 Å². The Kier molecular flexibility index (Phi) is 8.93. The lowest BCUT2D eigenvalue weighted by Gasteiger charge is -2.20. The molecule has 8 heteroatoms. The van der Waals surface area contributed by atoms with Crippen molar-refractivity contribution in [1.82, 2.24) is 9.62 Å². The van der Waals surface area contributed by atoms with Gasteiger partial charge >= 0.3 is 0 Å². The van der Waals surface area contributed by atoms with E-state index in [2.05, 4.69) is 5.32 Å². The van der Waals surface area contributed by atoms with E-state index in [0.717, 1.165) is 31.2 Å². The van der Waals surface area contributed by atoms with Gasteiger partial charge in [0.2, 0.25) is 10.0 Å². The molecule has 3 rings (SSSR count). The third-order valence-electron chi connectivity index (χ3n) is 5.37. The number of hydrogen-bond acceptors (Lipinski definition) is 5. The Labute approximate surface area is 190 Å². The minimum absolute atomic E-state index is 0.100. The highest BCUT2D eigenvalue weighted by Crippen LogP contribution is 2.26. The molecule has 1 heterocycles. The molecule has 1 aliphatic rings. The van der Waals surface area contributed by atoms with E-state index in [1.807, 2.05) is 31.2 Å². The van der Waals surface area contributed by atoms with E-state index in [1.54, 1.807) is 28.6 Å². The second-order valence-corrected chi connectivity index (χ2v) is 9.67. The van der Waals surface area contributed by atoms with Gasteiger partial charge in [-0.3, -0.25) is 4.79 Å². The van der Waals surface area contributed by atoms with Gasteiger partial charge in [-0.05, 0) is 56.0 Å². The number of para-hydroxylation sites is 2. The smallest absolute Gasteiger partial charge is 0.257 e. The van der Waals surface area contributed by atoms with Crippen molar-refractivity contribution < 1.29 is 22.7 Å². The average molecular weight is 461 g/mol. The van der Waals surface area contributed by atoms with Crippen LogP contribution < -0.4 is 14.8 Å². The zero-order valence-corrected chi connectivity index (χ0v) is 19.4. The molecule has 0 saturated carbocycles. The molecule has 1 amide bonds.